The van der Waals surface area contributed by atoms with Crippen molar-refractivity contribution in [3.05, 3.63) is 95.3 Å². The number of rotatable bonds is 5. The van der Waals surface area contributed by atoms with Gasteiger partial charge in [0.2, 0.25) is 0 Å². The van der Waals surface area contributed by atoms with Gasteiger partial charge in [0.1, 0.15) is 11.4 Å². The topological polar surface area (TPSA) is 46.3 Å². The minimum atomic E-state index is -0.00253. The zero-order chi connectivity index (χ0) is 22.8. The van der Waals surface area contributed by atoms with E-state index < -0.39 is 0 Å². The number of nitrogens with zero attached hydrogens (tertiary/aromatic N) is 5. The predicted octanol–water partition coefficient (Wildman–Crippen LogP) is 4.49. The molecule has 0 saturated carbocycles. The van der Waals surface area contributed by atoms with Crippen LogP contribution < -0.4 is 0 Å². The van der Waals surface area contributed by atoms with Crippen LogP contribution in [0.15, 0.2) is 79.0 Å². The Kier molecular flexibility index (Phi) is 6.03. The monoisotopic (exact) mass is 459 g/mol. The predicted molar refractivity (Wildman–Crippen MR) is 131 cm³/mol. The number of piperazine rings is 1. The summed E-state index contributed by atoms with van der Waals surface area (Å²) in [5.74, 6) is -0.00253. The molecule has 1 amide bonds. The van der Waals surface area contributed by atoms with Crippen molar-refractivity contribution < 1.29 is 4.79 Å². The van der Waals surface area contributed by atoms with Crippen LogP contribution in [0.25, 0.3) is 17.1 Å². The molecule has 0 unspecified atom stereocenters. The molecule has 0 atom stereocenters. The normalized spacial score (nSPS) is 14.5. The minimum absolute atomic E-state index is 0.00253. The van der Waals surface area contributed by atoms with Crippen LogP contribution in [0.4, 0.5) is 0 Å². The first-order valence-corrected chi connectivity index (χ1v) is 11.5. The van der Waals surface area contributed by atoms with Gasteiger partial charge in [0.15, 0.2) is 0 Å². The van der Waals surface area contributed by atoms with Gasteiger partial charge in [-0.25, -0.2) is 4.68 Å². The Morgan fingerprint density at radius 2 is 1.67 bits per heavy atom. The number of aromatic nitrogens is 3. The Hall–Kier alpha value is -3.35. The number of amides is 1. The first-order chi connectivity index (χ1) is 16.1. The Morgan fingerprint density at radius 1 is 0.939 bits per heavy atom. The fraction of sp³-hybridized carbons (Fsp3) is 0.231. The van der Waals surface area contributed by atoms with Gasteiger partial charge in [0, 0.05) is 51.0 Å². The van der Waals surface area contributed by atoms with Crippen LogP contribution in [-0.2, 0) is 13.6 Å². The molecule has 1 aliphatic heterocycles. The van der Waals surface area contributed by atoms with Gasteiger partial charge in [-0.2, -0.15) is 5.10 Å². The number of carbonyl (C=O) groups excluding carboxylic acids is 1. The molecule has 0 aliphatic carbocycles. The van der Waals surface area contributed by atoms with Crippen LogP contribution in [0, 0.1) is 0 Å². The fourth-order valence-corrected chi connectivity index (χ4v) is 4.40. The van der Waals surface area contributed by atoms with Gasteiger partial charge in [-0.1, -0.05) is 41.9 Å². The average Bonchev–Trinajstić information content (AvgIpc) is 3.46. The number of hydrogen-bond donors (Lipinski definition) is 0. The second-order valence-corrected chi connectivity index (χ2v) is 8.80. The molecule has 6 nitrogen and oxygen atoms in total. The van der Waals surface area contributed by atoms with Crippen molar-refractivity contribution in [2.45, 2.75) is 6.54 Å². The quantitative estimate of drug-likeness (QED) is 0.441. The van der Waals surface area contributed by atoms with Gasteiger partial charge in [-0.15, -0.1) is 0 Å². The first-order valence-electron chi connectivity index (χ1n) is 11.1. The van der Waals surface area contributed by atoms with Crippen LogP contribution >= 0.6 is 11.6 Å². The molecule has 1 aliphatic rings. The van der Waals surface area contributed by atoms with Crippen molar-refractivity contribution in [3.63, 3.8) is 0 Å². The second-order valence-electron chi connectivity index (χ2n) is 8.36. The Bertz CT molecular complexity index is 1240. The maximum absolute atomic E-state index is 13.6. The van der Waals surface area contributed by atoms with Gasteiger partial charge in [-0.05, 0) is 48.0 Å². The highest BCUT2D eigenvalue weighted by molar-refractivity contribution is 6.30. The van der Waals surface area contributed by atoms with Crippen molar-refractivity contribution in [2.24, 2.45) is 7.05 Å². The molecule has 168 valence electrons. The van der Waals surface area contributed by atoms with Crippen molar-refractivity contribution in [1.82, 2.24) is 24.1 Å². The standard InChI is InChI=1S/C26H26ClN5O/c1-29-13-5-8-24(29)23-18-25(32(28-23)22-11-9-21(27)10-12-22)26(33)31-16-14-30(15-17-31)19-20-6-3-2-4-7-20/h2-13,18H,14-17,19H2,1H3. The van der Waals surface area contributed by atoms with Crippen LogP contribution in [0.2, 0.25) is 5.02 Å². The Labute approximate surface area is 198 Å². The fourth-order valence-electron chi connectivity index (χ4n) is 4.28. The molecule has 1 fully saturated rings. The summed E-state index contributed by atoms with van der Waals surface area (Å²) in [4.78, 5) is 17.9. The molecule has 2 aromatic heterocycles. The maximum atomic E-state index is 13.6. The summed E-state index contributed by atoms with van der Waals surface area (Å²) in [6.45, 7) is 3.98. The Morgan fingerprint density at radius 3 is 2.33 bits per heavy atom. The lowest BCUT2D eigenvalue weighted by Crippen LogP contribution is -2.48. The number of aryl methyl sites for hydroxylation is 1. The molecule has 0 spiro atoms. The summed E-state index contributed by atoms with van der Waals surface area (Å²) in [6.07, 6.45) is 1.98. The van der Waals surface area contributed by atoms with Crippen LogP contribution in [0.3, 0.4) is 0 Å². The zero-order valence-corrected chi connectivity index (χ0v) is 19.3. The molecular weight excluding hydrogens is 434 g/mol. The molecule has 0 bridgehead atoms. The lowest BCUT2D eigenvalue weighted by Gasteiger charge is -2.34. The summed E-state index contributed by atoms with van der Waals surface area (Å²) in [7, 11) is 1.98. The highest BCUT2D eigenvalue weighted by Crippen LogP contribution is 2.24. The SMILES string of the molecule is Cn1cccc1-c1cc(C(=O)N2CCN(Cc3ccccc3)CC2)n(-c2ccc(Cl)cc2)n1. The van der Waals surface area contributed by atoms with Gasteiger partial charge < -0.3 is 9.47 Å². The maximum Gasteiger partial charge on any atom is 0.272 e. The number of carbonyl (C=O) groups is 1. The third-order valence-corrected chi connectivity index (χ3v) is 6.37. The van der Waals surface area contributed by atoms with Crippen molar-refractivity contribution in [2.75, 3.05) is 26.2 Å². The van der Waals surface area contributed by atoms with E-state index in [9.17, 15) is 4.79 Å². The molecular formula is C26H26ClN5O. The van der Waals surface area contributed by atoms with Gasteiger partial charge >= 0.3 is 0 Å². The molecule has 0 N–H and O–H groups in total. The minimum Gasteiger partial charge on any atom is -0.349 e. The first kappa shape index (κ1) is 21.5. The van der Waals surface area contributed by atoms with Crippen LogP contribution in [0.1, 0.15) is 16.1 Å². The number of benzene rings is 2. The number of halogens is 1. The molecule has 3 heterocycles. The van der Waals surface area contributed by atoms with E-state index in [2.05, 4.69) is 29.2 Å². The van der Waals surface area contributed by atoms with E-state index in [0.717, 1.165) is 36.7 Å². The number of hydrogen-bond acceptors (Lipinski definition) is 3. The smallest absolute Gasteiger partial charge is 0.272 e. The van der Waals surface area contributed by atoms with E-state index in [0.29, 0.717) is 23.8 Å². The Balaban J connectivity index is 1.38. The zero-order valence-electron chi connectivity index (χ0n) is 18.6. The highest BCUT2D eigenvalue weighted by Gasteiger charge is 2.26. The molecule has 33 heavy (non-hydrogen) atoms. The molecule has 4 aromatic rings. The summed E-state index contributed by atoms with van der Waals surface area (Å²) < 4.78 is 3.74. The second kappa shape index (κ2) is 9.25. The molecule has 1 saturated heterocycles. The largest absolute Gasteiger partial charge is 0.349 e. The molecule has 5 rings (SSSR count). The third kappa shape index (κ3) is 4.58. The summed E-state index contributed by atoms with van der Waals surface area (Å²) in [5.41, 5.74) is 4.40. The molecule has 0 radical (unpaired) electrons. The van der Waals surface area contributed by atoms with Gasteiger partial charge in [0.05, 0.1) is 11.4 Å². The van der Waals surface area contributed by atoms with E-state index in [1.54, 1.807) is 4.68 Å². The van der Waals surface area contributed by atoms with E-state index in [-0.39, 0.29) is 5.91 Å². The van der Waals surface area contributed by atoms with Crippen molar-refractivity contribution in [1.29, 1.82) is 0 Å². The van der Waals surface area contributed by atoms with Crippen molar-refractivity contribution >= 4 is 17.5 Å². The molecule has 7 heteroatoms. The van der Waals surface area contributed by atoms with E-state index in [1.165, 1.54) is 5.56 Å². The summed E-state index contributed by atoms with van der Waals surface area (Å²) >= 11 is 6.09. The highest BCUT2D eigenvalue weighted by atomic mass is 35.5. The third-order valence-electron chi connectivity index (χ3n) is 6.11. The van der Waals surface area contributed by atoms with E-state index >= 15 is 0 Å². The van der Waals surface area contributed by atoms with E-state index in [4.69, 9.17) is 16.7 Å². The van der Waals surface area contributed by atoms with Crippen LogP contribution in [-0.4, -0.2) is 56.2 Å². The van der Waals surface area contributed by atoms with Gasteiger partial charge in [-0.3, -0.25) is 9.69 Å². The van der Waals surface area contributed by atoms with E-state index in [1.807, 2.05) is 71.2 Å². The van der Waals surface area contributed by atoms with Crippen LogP contribution in [0.5, 0.6) is 0 Å². The molecule has 2 aromatic carbocycles. The lowest BCUT2D eigenvalue weighted by atomic mass is 10.2. The summed E-state index contributed by atoms with van der Waals surface area (Å²) in [5, 5.41) is 5.44. The average molecular weight is 460 g/mol. The van der Waals surface area contributed by atoms with Gasteiger partial charge in [0.25, 0.3) is 5.91 Å². The summed E-state index contributed by atoms with van der Waals surface area (Å²) in [6, 6.07) is 23.7. The van der Waals surface area contributed by atoms with Crippen molar-refractivity contribution in [3.8, 4) is 17.1 Å². The lowest BCUT2D eigenvalue weighted by molar-refractivity contribution is 0.0619.